The molecule has 1 N–H and O–H groups in total. The Bertz CT molecular complexity index is 1100. The predicted octanol–water partition coefficient (Wildman–Crippen LogP) is 3.58. The summed E-state index contributed by atoms with van der Waals surface area (Å²) in [5.74, 6) is 1.01. The second kappa shape index (κ2) is 9.23. The van der Waals surface area contributed by atoms with Crippen LogP contribution in [0, 0.1) is 5.82 Å². The van der Waals surface area contributed by atoms with E-state index in [9.17, 15) is 9.18 Å². The number of anilines is 1. The Morgan fingerprint density at radius 2 is 1.72 bits per heavy atom. The molecular formula is C23H23FN4O3S. The number of aromatic nitrogens is 1. The molecule has 0 bridgehead atoms. The Morgan fingerprint density at radius 1 is 1.00 bits per heavy atom. The third-order valence-electron chi connectivity index (χ3n) is 5.55. The third-order valence-corrected chi connectivity index (χ3v) is 6.39. The Labute approximate surface area is 189 Å². The first-order valence-electron chi connectivity index (χ1n) is 10.5. The van der Waals surface area contributed by atoms with Crippen LogP contribution in [0.4, 0.5) is 10.1 Å². The fourth-order valence-corrected chi connectivity index (χ4v) is 4.63. The molecule has 0 spiro atoms. The van der Waals surface area contributed by atoms with Crippen molar-refractivity contribution >= 4 is 22.9 Å². The number of nitrogens with one attached hydrogen (secondary N) is 1. The van der Waals surface area contributed by atoms with E-state index >= 15 is 0 Å². The lowest BCUT2D eigenvalue weighted by Crippen LogP contribution is -2.45. The van der Waals surface area contributed by atoms with Crippen molar-refractivity contribution in [1.29, 1.82) is 0 Å². The van der Waals surface area contributed by atoms with E-state index in [1.165, 1.54) is 41.2 Å². The largest absolute Gasteiger partial charge is 0.454 e. The summed E-state index contributed by atoms with van der Waals surface area (Å²) in [6.07, 6.45) is 0. The van der Waals surface area contributed by atoms with E-state index in [4.69, 9.17) is 9.47 Å². The van der Waals surface area contributed by atoms with Gasteiger partial charge < -0.3 is 14.8 Å². The van der Waals surface area contributed by atoms with Crippen molar-refractivity contribution in [3.8, 4) is 11.5 Å². The monoisotopic (exact) mass is 454 g/mol. The number of halogens is 1. The summed E-state index contributed by atoms with van der Waals surface area (Å²) in [7, 11) is 0. The Kier molecular flexibility index (Phi) is 6.02. The number of amides is 1. The summed E-state index contributed by atoms with van der Waals surface area (Å²) in [5.41, 5.74) is 2.15. The van der Waals surface area contributed by atoms with E-state index in [1.807, 2.05) is 6.07 Å². The zero-order chi connectivity index (χ0) is 21.9. The normalized spacial score (nSPS) is 16.3. The van der Waals surface area contributed by atoms with Crippen molar-refractivity contribution < 1.29 is 18.7 Å². The fraction of sp³-hybridized carbons (Fsp3) is 0.304. The van der Waals surface area contributed by atoms with Crippen LogP contribution in [0.5, 0.6) is 11.5 Å². The summed E-state index contributed by atoms with van der Waals surface area (Å²) >= 11 is 1.49. The van der Waals surface area contributed by atoms with Gasteiger partial charge in [-0.1, -0.05) is 6.07 Å². The first-order valence-corrected chi connectivity index (χ1v) is 11.3. The van der Waals surface area contributed by atoms with Crippen LogP contribution in [0.2, 0.25) is 0 Å². The van der Waals surface area contributed by atoms with E-state index in [0.29, 0.717) is 18.2 Å². The molecule has 2 aliphatic rings. The van der Waals surface area contributed by atoms with Gasteiger partial charge in [0.25, 0.3) is 5.91 Å². The van der Waals surface area contributed by atoms with Gasteiger partial charge in [-0.15, -0.1) is 11.3 Å². The molecule has 9 heteroatoms. The van der Waals surface area contributed by atoms with Crippen LogP contribution < -0.4 is 14.8 Å². The molecule has 0 aliphatic carbocycles. The molecule has 0 unspecified atom stereocenters. The van der Waals surface area contributed by atoms with Crippen LogP contribution in [0.15, 0.2) is 47.8 Å². The van der Waals surface area contributed by atoms with E-state index in [0.717, 1.165) is 55.8 Å². The summed E-state index contributed by atoms with van der Waals surface area (Å²) < 4.78 is 23.9. The maximum absolute atomic E-state index is 13.0. The number of ether oxygens (including phenoxy) is 2. The number of hydrogen-bond acceptors (Lipinski definition) is 7. The smallest absolute Gasteiger partial charge is 0.275 e. The minimum atomic E-state index is -0.338. The van der Waals surface area contributed by atoms with Crippen molar-refractivity contribution in [2.75, 3.05) is 38.3 Å². The minimum absolute atomic E-state index is 0.285. The number of benzene rings is 2. The molecule has 2 aliphatic heterocycles. The average molecular weight is 455 g/mol. The highest BCUT2D eigenvalue weighted by Crippen LogP contribution is 2.32. The van der Waals surface area contributed by atoms with E-state index in [-0.39, 0.29) is 11.7 Å². The van der Waals surface area contributed by atoms with Gasteiger partial charge in [-0.2, -0.15) is 0 Å². The van der Waals surface area contributed by atoms with Gasteiger partial charge in [-0.3, -0.25) is 14.6 Å². The first kappa shape index (κ1) is 20.9. The number of piperazine rings is 1. The van der Waals surface area contributed by atoms with Crippen LogP contribution in [0.1, 0.15) is 21.1 Å². The van der Waals surface area contributed by atoms with Crippen LogP contribution in [-0.2, 0) is 13.1 Å². The maximum atomic E-state index is 13.0. The average Bonchev–Trinajstić information content (AvgIpc) is 3.46. The van der Waals surface area contributed by atoms with Crippen molar-refractivity contribution in [2.45, 2.75) is 13.1 Å². The molecule has 32 heavy (non-hydrogen) atoms. The van der Waals surface area contributed by atoms with E-state index in [1.54, 1.807) is 5.38 Å². The van der Waals surface area contributed by atoms with Gasteiger partial charge in [0.05, 0.1) is 6.54 Å². The van der Waals surface area contributed by atoms with Crippen LogP contribution in [0.25, 0.3) is 0 Å². The molecule has 1 fully saturated rings. The molecule has 3 aromatic rings. The summed E-state index contributed by atoms with van der Waals surface area (Å²) in [6, 6.07) is 11.8. The van der Waals surface area contributed by atoms with E-state index in [2.05, 4.69) is 32.2 Å². The zero-order valence-electron chi connectivity index (χ0n) is 17.4. The molecular weight excluding hydrogens is 431 g/mol. The molecule has 3 heterocycles. The Morgan fingerprint density at radius 3 is 2.50 bits per heavy atom. The number of nitrogens with zero attached hydrogens (tertiary/aromatic N) is 3. The highest BCUT2D eigenvalue weighted by Gasteiger charge is 2.20. The topological polar surface area (TPSA) is 66.9 Å². The molecule has 1 amide bonds. The van der Waals surface area contributed by atoms with Crippen molar-refractivity contribution in [3.05, 3.63) is 69.9 Å². The van der Waals surface area contributed by atoms with Gasteiger partial charge in [-0.05, 0) is 42.0 Å². The Balaban J connectivity index is 1.10. The summed E-state index contributed by atoms with van der Waals surface area (Å²) in [6.45, 7) is 5.74. The van der Waals surface area contributed by atoms with Gasteiger partial charge in [-0.25, -0.2) is 9.37 Å². The van der Waals surface area contributed by atoms with Gasteiger partial charge >= 0.3 is 0 Å². The lowest BCUT2D eigenvalue weighted by molar-refractivity contribution is 0.102. The molecule has 0 radical (unpaired) electrons. The second-order valence-corrected chi connectivity index (χ2v) is 8.77. The first-order chi connectivity index (χ1) is 15.6. The SMILES string of the molecule is O=C(Nc1ccc(F)cc1)c1csc(CN2CCN(Cc3ccc4c(c3)OCO4)CC2)n1. The Hall–Kier alpha value is -3.01. The molecule has 1 saturated heterocycles. The number of carbonyl (C=O) groups excluding carboxylic acids is 1. The number of thiazole rings is 1. The number of rotatable bonds is 6. The summed E-state index contributed by atoms with van der Waals surface area (Å²) in [4.78, 5) is 21.7. The molecule has 166 valence electrons. The second-order valence-electron chi connectivity index (χ2n) is 7.83. The van der Waals surface area contributed by atoms with Gasteiger partial charge in [0.1, 0.15) is 16.5 Å². The molecule has 1 aromatic heterocycles. The van der Waals surface area contributed by atoms with Gasteiger partial charge in [0.2, 0.25) is 6.79 Å². The standard InChI is InChI=1S/C23H23FN4O3S/c24-17-2-4-18(5-3-17)25-23(29)19-14-32-22(26-19)13-28-9-7-27(8-10-28)12-16-1-6-20-21(11-16)31-15-30-20/h1-6,11,14H,7-10,12-13,15H2,(H,25,29). The van der Waals surface area contributed by atoms with Crippen LogP contribution in [-0.4, -0.2) is 53.7 Å². The molecule has 7 nitrogen and oxygen atoms in total. The lowest BCUT2D eigenvalue weighted by atomic mass is 10.1. The number of carbonyl (C=O) groups is 1. The predicted molar refractivity (Wildman–Crippen MR) is 120 cm³/mol. The highest BCUT2D eigenvalue weighted by atomic mass is 32.1. The van der Waals surface area contributed by atoms with Gasteiger partial charge in [0, 0.05) is 43.8 Å². The third kappa shape index (κ3) is 4.90. The van der Waals surface area contributed by atoms with Crippen molar-refractivity contribution in [1.82, 2.24) is 14.8 Å². The molecule has 0 saturated carbocycles. The minimum Gasteiger partial charge on any atom is -0.454 e. The lowest BCUT2D eigenvalue weighted by Gasteiger charge is -2.34. The highest BCUT2D eigenvalue weighted by molar-refractivity contribution is 7.09. The zero-order valence-corrected chi connectivity index (χ0v) is 18.2. The van der Waals surface area contributed by atoms with Crippen LogP contribution >= 0.6 is 11.3 Å². The van der Waals surface area contributed by atoms with E-state index < -0.39 is 0 Å². The molecule has 2 aromatic carbocycles. The maximum Gasteiger partial charge on any atom is 0.275 e. The fourth-order valence-electron chi connectivity index (χ4n) is 3.81. The van der Waals surface area contributed by atoms with Crippen molar-refractivity contribution in [2.24, 2.45) is 0 Å². The van der Waals surface area contributed by atoms with Crippen molar-refractivity contribution in [3.63, 3.8) is 0 Å². The summed E-state index contributed by atoms with van der Waals surface area (Å²) in [5, 5.41) is 5.43. The quantitative estimate of drug-likeness (QED) is 0.614. The molecule has 0 atom stereocenters. The van der Waals surface area contributed by atoms with Crippen LogP contribution in [0.3, 0.4) is 0 Å². The number of hydrogen-bond donors (Lipinski definition) is 1. The molecule has 5 rings (SSSR count). The van der Waals surface area contributed by atoms with Gasteiger partial charge in [0.15, 0.2) is 11.5 Å². The number of fused-ring (bicyclic) bond motifs is 1.